The van der Waals surface area contributed by atoms with Gasteiger partial charge in [-0.1, -0.05) is 35.9 Å². The number of carboxylic acid groups (broad SMARTS) is 1. The van der Waals surface area contributed by atoms with Crippen LogP contribution in [0, 0.1) is 5.82 Å². The lowest BCUT2D eigenvalue weighted by Gasteiger charge is -2.19. The average molecular weight is 354 g/mol. The van der Waals surface area contributed by atoms with Gasteiger partial charge in [0.25, 0.3) is 0 Å². The molecule has 2 rings (SSSR count). The predicted octanol–water partition coefficient (Wildman–Crippen LogP) is 2.94. The zero-order chi connectivity index (χ0) is 17.7. The summed E-state index contributed by atoms with van der Waals surface area (Å²) in [5.74, 6) is -1.26. The van der Waals surface area contributed by atoms with Gasteiger partial charge < -0.3 is 14.9 Å². The number of hydrogen-bond donors (Lipinski definition) is 3. The third-order valence-electron chi connectivity index (χ3n) is 3.54. The zero-order valence-corrected chi connectivity index (χ0v) is 13.6. The molecule has 0 fully saturated rings. The van der Waals surface area contributed by atoms with Crippen LogP contribution in [-0.4, -0.2) is 29.8 Å². The van der Waals surface area contributed by atoms with E-state index in [1.165, 1.54) is 31.4 Å². The van der Waals surface area contributed by atoms with Crippen molar-refractivity contribution in [1.29, 1.82) is 0 Å². The molecule has 0 aromatic heterocycles. The Labute approximate surface area is 143 Å². The molecule has 2 atom stereocenters. The van der Waals surface area contributed by atoms with Crippen LogP contribution in [0.5, 0.6) is 5.75 Å². The van der Waals surface area contributed by atoms with Crippen molar-refractivity contribution < 1.29 is 24.1 Å². The van der Waals surface area contributed by atoms with Crippen LogP contribution in [0.25, 0.3) is 0 Å². The van der Waals surface area contributed by atoms with Crippen LogP contribution in [0.2, 0.25) is 5.02 Å². The van der Waals surface area contributed by atoms with Gasteiger partial charge >= 0.3 is 5.97 Å². The minimum Gasteiger partial charge on any atom is -0.495 e. The number of halogens is 2. The number of methoxy groups -OCH3 is 1. The fourth-order valence-electron chi connectivity index (χ4n) is 2.29. The number of ether oxygens (including phenoxy) is 1. The predicted molar refractivity (Wildman–Crippen MR) is 87.7 cm³/mol. The van der Waals surface area contributed by atoms with Gasteiger partial charge in [0.05, 0.1) is 18.2 Å². The number of benzene rings is 2. The molecule has 1 unspecified atom stereocenters. The van der Waals surface area contributed by atoms with E-state index in [0.717, 1.165) is 0 Å². The molecule has 0 spiro atoms. The molecule has 0 heterocycles. The number of hydrogen-bond acceptors (Lipinski definition) is 4. The number of carboxylic acids is 1. The number of carbonyl (C=O) groups is 1. The maximum Gasteiger partial charge on any atom is 0.325 e. The summed E-state index contributed by atoms with van der Waals surface area (Å²) < 4.78 is 18.7. The van der Waals surface area contributed by atoms with Crippen molar-refractivity contribution >= 4 is 17.6 Å². The van der Waals surface area contributed by atoms with Crippen molar-refractivity contribution in [3.63, 3.8) is 0 Å². The molecule has 2 aromatic rings. The summed E-state index contributed by atoms with van der Waals surface area (Å²) in [5, 5.41) is 22.4. The second kappa shape index (κ2) is 8.10. The molecule has 0 aliphatic rings. The van der Waals surface area contributed by atoms with Crippen molar-refractivity contribution in [2.75, 3.05) is 13.7 Å². The molecule has 0 aliphatic carbocycles. The van der Waals surface area contributed by atoms with E-state index < -0.39 is 23.9 Å². The Kier molecular flexibility index (Phi) is 6.14. The van der Waals surface area contributed by atoms with Crippen LogP contribution in [0.3, 0.4) is 0 Å². The van der Waals surface area contributed by atoms with Gasteiger partial charge in [-0.05, 0) is 23.8 Å². The second-order valence-corrected chi connectivity index (χ2v) is 5.52. The van der Waals surface area contributed by atoms with E-state index in [0.29, 0.717) is 11.3 Å². The number of nitrogens with one attached hydrogen (secondary N) is 1. The van der Waals surface area contributed by atoms with Gasteiger partial charge in [-0.3, -0.25) is 10.1 Å². The quantitative estimate of drug-likeness (QED) is 0.713. The molecule has 24 heavy (non-hydrogen) atoms. The van der Waals surface area contributed by atoms with Crippen LogP contribution in [0.15, 0.2) is 42.5 Å². The van der Waals surface area contributed by atoms with Crippen molar-refractivity contribution in [1.82, 2.24) is 5.32 Å². The van der Waals surface area contributed by atoms with E-state index >= 15 is 0 Å². The van der Waals surface area contributed by atoms with Crippen molar-refractivity contribution in [3.05, 3.63) is 64.4 Å². The highest BCUT2D eigenvalue weighted by Crippen LogP contribution is 2.28. The molecule has 0 bridgehead atoms. The fraction of sp³-hybridized carbons (Fsp3) is 0.235. The summed E-state index contributed by atoms with van der Waals surface area (Å²) in [5.41, 5.74) is 0.496. The van der Waals surface area contributed by atoms with E-state index in [1.807, 2.05) is 0 Å². The van der Waals surface area contributed by atoms with E-state index in [9.17, 15) is 19.4 Å². The Hall–Kier alpha value is -2.15. The number of rotatable bonds is 7. The first-order valence-electron chi connectivity index (χ1n) is 7.16. The molecule has 0 radical (unpaired) electrons. The highest BCUT2D eigenvalue weighted by molar-refractivity contribution is 6.32. The molecule has 0 saturated heterocycles. The van der Waals surface area contributed by atoms with Crippen LogP contribution in [-0.2, 0) is 4.79 Å². The summed E-state index contributed by atoms with van der Waals surface area (Å²) in [4.78, 5) is 11.5. The number of aliphatic carboxylic acids is 1. The molecule has 7 heteroatoms. The topological polar surface area (TPSA) is 78.8 Å². The molecular formula is C17H17ClFNO4. The van der Waals surface area contributed by atoms with Crippen molar-refractivity contribution in [2.45, 2.75) is 12.1 Å². The van der Waals surface area contributed by atoms with E-state index in [2.05, 4.69) is 5.32 Å². The molecule has 2 aromatic carbocycles. The molecule has 5 nitrogen and oxygen atoms in total. The molecular weight excluding hydrogens is 337 g/mol. The van der Waals surface area contributed by atoms with Gasteiger partial charge in [-0.2, -0.15) is 0 Å². The molecule has 128 valence electrons. The third-order valence-corrected chi connectivity index (χ3v) is 3.83. The summed E-state index contributed by atoms with van der Waals surface area (Å²) in [6, 6.07) is 9.28. The van der Waals surface area contributed by atoms with E-state index in [4.69, 9.17) is 16.3 Å². The Bertz CT molecular complexity index is 725. The summed E-state index contributed by atoms with van der Waals surface area (Å²) in [7, 11) is 1.46. The van der Waals surface area contributed by atoms with Gasteiger partial charge in [0.1, 0.15) is 17.6 Å². The summed E-state index contributed by atoms with van der Waals surface area (Å²) >= 11 is 6.01. The van der Waals surface area contributed by atoms with Gasteiger partial charge in [0.2, 0.25) is 0 Å². The maximum absolute atomic E-state index is 13.6. The lowest BCUT2D eigenvalue weighted by molar-refractivity contribution is -0.139. The Morgan fingerprint density at radius 1 is 1.33 bits per heavy atom. The number of aliphatic hydroxyl groups is 1. The highest BCUT2D eigenvalue weighted by Gasteiger charge is 2.22. The van der Waals surface area contributed by atoms with Gasteiger partial charge in [-0.15, -0.1) is 0 Å². The fourth-order valence-corrected chi connectivity index (χ4v) is 2.56. The largest absolute Gasteiger partial charge is 0.495 e. The summed E-state index contributed by atoms with van der Waals surface area (Å²) in [6.07, 6.45) is -1.18. The second-order valence-electron chi connectivity index (χ2n) is 5.11. The summed E-state index contributed by atoms with van der Waals surface area (Å²) in [6.45, 7) is -0.137. The minimum absolute atomic E-state index is 0.0990. The van der Waals surface area contributed by atoms with E-state index in [-0.39, 0.29) is 17.1 Å². The molecule has 0 saturated carbocycles. The molecule has 3 N–H and O–H groups in total. The first-order valence-corrected chi connectivity index (χ1v) is 7.54. The minimum atomic E-state index is -1.18. The van der Waals surface area contributed by atoms with Crippen LogP contribution in [0.1, 0.15) is 23.3 Å². The standard InChI is InChI=1S/C17H17ClFNO4/c1-24-15-7-6-10(8-12(15)18)16(17(22)23)20-9-14(21)11-4-2-3-5-13(11)19/h2-8,14,16,20-21H,9H2,1H3,(H,22,23)/t14-,16?/m0/s1. The highest BCUT2D eigenvalue weighted by atomic mass is 35.5. The Balaban J connectivity index is 2.13. The first kappa shape index (κ1) is 18.2. The third kappa shape index (κ3) is 4.23. The van der Waals surface area contributed by atoms with Gasteiger partial charge in [-0.25, -0.2) is 4.39 Å². The van der Waals surface area contributed by atoms with Crippen LogP contribution < -0.4 is 10.1 Å². The molecule has 0 amide bonds. The Morgan fingerprint density at radius 3 is 2.62 bits per heavy atom. The lowest BCUT2D eigenvalue weighted by atomic mass is 10.0. The van der Waals surface area contributed by atoms with Crippen molar-refractivity contribution in [2.24, 2.45) is 0 Å². The van der Waals surface area contributed by atoms with E-state index in [1.54, 1.807) is 18.2 Å². The van der Waals surface area contributed by atoms with Crippen LogP contribution >= 0.6 is 11.6 Å². The first-order chi connectivity index (χ1) is 11.4. The normalized spacial score (nSPS) is 13.3. The van der Waals surface area contributed by atoms with Crippen LogP contribution in [0.4, 0.5) is 4.39 Å². The number of aliphatic hydroxyl groups excluding tert-OH is 1. The van der Waals surface area contributed by atoms with Gasteiger partial charge in [0.15, 0.2) is 0 Å². The molecule has 0 aliphatic heterocycles. The smallest absolute Gasteiger partial charge is 0.325 e. The monoisotopic (exact) mass is 353 g/mol. The Morgan fingerprint density at radius 2 is 2.04 bits per heavy atom. The lowest BCUT2D eigenvalue weighted by Crippen LogP contribution is -2.32. The van der Waals surface area contributed by atoms with Crippen molar-refractivity contribution in [3.8, 4) is 5.75 Å². The zero-order valence-electron chi connectivity index (χ0n) is 12.9. The average Bonchev–Trinajstić information content (AvgIpc) is 2.55. The SMILES string of the molecule is COc1ccc(C(NC[C@H](O)c2ccccc2F)C(=O)O)cc1Cl. The maximum atomic E-state index is 13.6. The van der Waals surface area contributed by atoms with Gasteiger partial charge in [0, 0.05) is 12.1 Å².